The van der Waals surface area contributed by atoms with Crippen LogP contribution in [0, 0.1) is 0 Å². The van der Waals surface area contributed by atoms with E-state index in [1.54, 1.807) is 11.8 Å². The molecule has 0 bridgehead atoms. The molecule has 0 aliphatic rings. The van der Waals surface area contributed by atoms with Crippen LogP contribution in [0.3, 0.4) is 0 Å². The van der Waals surface area contributed by atoms with E-state index in [-0.39, 0.29) is 0 Å². The fourth-order valence-corrected chi connectivity index (χ4v) is 2.35. The Morgan fingerprint density at radius 3 is 2.83 bits per heavy atom. The Bertz CT molecular complexity index is 490. The maximum Gasteiger partial charge on any atom is 0.168 e. The Hall–Kier alpha value is -1.20. The van der Waals surface area contributed by atoms with Crippen LogP contribution >= 0.6 is 11.8 Å². The molecular weight excluding hydrogens is 246 g/mol. The maximum atomic E-state index is 5.75. The lowest BCUT2D eigenvalue weighted by molar-refractivity contribution is 0.445. The van der Waals surface area contributed by atoms with Gasteiger partial charge in [-0.1, -0.05) is 25.6 Å². The van der Waals surface area contributed by atoms with Crippen molar-refractivity contribution in [2.45, 2.75) is 37.3 Å². The first-order chi connectivity index (χ1) is 8.65. The van der Waals surface area contributed by atoms with Crippen molar-refractivity contribution in [2.75, 3.05) is 0 Å². The molecule has 98 valence electrons. The van der Waals surface area contributed by atoms with Gasteiger partial charge >= 0.3 is 0 Å². The minimum atomic E-state index is 0.473. The molecule has 0 unspecified atom stereocenters. The number of nitrogens with zero attached hydrogens (tertiary/aromatic N) is 2. The molecule has 0 radical (unpaired) electrons. The van der Waals surface area contributed by atoms with Gasteiger partial charge in [0.25, 0.3) is 0 Å². The molecule has 2 aromatic rings. The lowest BCUT2D eigenvalue weighted by Gasteiger charge is -2.05. The molecule has 0 aromatic carbocycles. The fourth-order valence-electron chi connectivity index (χ4n) is 1.53. The normalized spacial score (nSPS) is 11.3. The van der Waals surface area contributed by atoms with Gasteiger partial charge in [0.2, 0.25) is 0 Å². The molecule has 0 aliphatic carbocycles. The average Bonchev–Trinajstić information content (AvgIpc) is 2.93. The van der Waals surface area contributed by atoms with Crippen LogP contribution < -0.4 is 5.32 Å². The van der Waals surface area contributed by atoms with Crippen molar-refractivity contribution in [2.24, 2.45) is 7.05 Å². The second kappa shape index (κ2) is 6.11. The smallest absolute Gasteiger partial charge is 0.168 e. The molecule has 0 amide bonds. The Balaban J connectivity index is 1.85. The van der Waals surface area contributed by atoms with Gasteiger partial charge in [0.1, 0.15) is 11.5 Å². The molecular formula is C13H19N3OS. The summed E-state index contributed by atoms with van der Waals surface area (Å²) in [5.41, 5.74) is 0. The fraction of sp³-hybridized carbons (Fsp3) is 0.462. The van der Waals surface area contributed by atoms with Crippen LogP contribution in [-0.4, -0.2) is 15.6 Å². The van der Waals surface area contributed by atoms with Crippen molar-refractivity contribution >= 4 is 11.8 Å². The molecule has 2 aromatic heterocycles. The van der Waals surface area contributed by atoms with Gasteiger partial charge in [0, 0.05) is 25.5 Å². The zero-order valence-electron chi connectivity index (χ0n) is 11.0. The Morgan fingerprint density at radius 2 is 2.17 bits per heavy atom. The molecule has 4 nitrogen and oxygen atoms in total. The summed E-state index contributed by atoms with van der Waals surface area (Å²) in [5.74, 6) is 2.79. The third-order valence-corrected chi connectivity index (χ3v) is 3.60. The second-order valence-electron chi connectivity index (χ2n) is 4.51. The van der Waals surface area contributed by atoms with Crippen molar-refractivity contribution in [1.29, 1.82) is 0 Å². The van der Waals surface area contributed by atoms with E-state index in [0.717, 1.165) is 29.0 Å². The van der Waals surface area contributed by atoms with E-state index in [0.29, 0.717) is 6.04 Å². The summed E-state index contributed by atoms with van der Waals surface area (Å²) in [6.45, 7) is 5.03. The molecule has 0 saturated carbocycles. The maximum absolute atomic E-state index is 5.75. The van der Waals surface area contributed by atoms with E-state index in [1.165, 1.54) is 0 Å². The number of furan rings is 1. The van der Waals surface area contributed by atoms with E-state index in [4.69, 9.17) is 4.42 Å². The lowest BCUT2D eigenvalue weighted by atomic mass is 10.3. The second-order valence-corrected chi connectivity index (χ2v) is 5.46. The van der Waals surface area contributed by atoms with E-state index < -0.39 is 0 Å². The average molecular weight is 265 g/mol. The first-order valence-electron chi connectivity index (χ1n) is 6.06. The molecule has 1 N–H and O–H groups in total. The summed E-state index contributed by atoms with van der Waals surface area (Å²) >= 11 is 1.68. The SMILES string of the molecule is CC(C)NCc1ccc(CSc2nccn2C)o1. The summed E-state index contributed by atoms with van der Waals surface area (Å²) < 4.78 is 7.76. The van der Waals surface area contributed by atoms with Gasteiger partial charge in [0.05, 0.1) is 12.3 Å². The number of aryl methyl sites for hydroxylation is 1. The van der Waals surface area contributed by atoms with Gasteiger partial charge in [-0.2, -0.15) is 0 Å². The van der Waals surface area contributed by atoms with E-state index >= 15 is 0 Å². The number of thioether (sulfide) groups is 1. The van der Waals surface area contributed by atoms with Gasteiger partial charge in [-0.05, 0) is 12.1 Å². The molecule has 0 atom stereocenters. The van der Waals surface area contributed by atoms with Crippen molar-refractivity contribution in [1.82, 2.24) is 14.9 Å². The van der Waals surface area contributed by atoms with Gasteiger partial charge < -0.3 is 14.3 Å². The molecule has 2 rings (SSSR count). The third-order valence-electron chi connectivity index (χ3n) is 2.52. The van der Waals surface area contributed by atoms with Crippen LogP contribution in [0.1, 0.15) is 25.4 Å². The quantitative estimate of drug-likeness (QED) is 0.816. The van der Waals surface area contributed by atoms with Crippen molar-refractivity contribution < 1.29 is 4.42 Å². The number of rotatable bonds is 6. The largest absolute Gasteiger partial charge is 0.464 e. The highest BCUT2D eigenvalue weighted by atomic mass is 32.2. The lowest BCUT2D eigenvalue weighted by Crippen LogP contribution is -2.21. The van der Waals surface area contributed by atoms with Gasteiger partial charge in [0.15, 0.2) is 5.16 Å². The highest BCUT2D eigenvalue weighted by molar-refractivity contribution is 7.98. The monoisotopic (exact) mass is 265 g/mol. The van der Waals surface area contributed by atoms with Crippen LogP contribution in [0.2, 0.25) is 0 Å². The molecule has 0 saturated heterocycles. The van der Waals surface area contributed by atoms with Gasteiger partial charge in [-0.15, -0.1) is 0 Å². The standard InChI is InChI=1S/C13H19N3OS/c1-10(2)15-8-11-4-5-12(17-11)9-18-13-14-6-7-16(13)3/h4-7,10,15H,8-9H2,1-3H3. The minimum absolute atomic E-state index is 0.473. The van der Waals surface area contributed by atoms with E-state index in [2.05, 4.69) is 24.1 Å². The summed E-state index contributed by atoms with van der Waals surface area (Å²) in [4.78, 5) is 4.27. The van der Waals surface area contributed by atoms with Crippen LogP contribution in [0.4, 0.5) is 0 Å². The zero-order valence-corrected chi connectivity index (χ0v) is 11.8. The van der Waals surface area contributed by atoms with Crippen LogP contribution in [0.25, 0.3) is 0 Å². The first kappa shape index (κ1) is 13.2. The number of hydrogen-bond acceptors (Lipinski definition) is 4. The van der Waals surface area contributed by atoms with Crippen LogP contribution in [0.15, 0.2) is 34.1 Å². The van der Waals surface area contributed by atoms with Crippen LogP contribution in [-0.2, 0) is 19.3 Å². The van der Waals surface area contributed by atoms with Gasteiger partial charge in [-0.25, -0.2) is 4.98 Å². The predicted octanol–water partition coefficient (Wildman–Crippen LogP) is 2.80. The van der Waals surface area contributed by atoms with Crippen LogP contribution in [0.5, 0.6) is 0 Å². The Morgan fingerprint density at radius 1 is 1.39 bits per heavy atom. The Kier molecular flexibility index (Phi) is 4.49. The van der Waals surface area contributed by atoms with E-state index in [1.807, 2.05) is 36.1 Å². The predicted molar refractivity (Wildman–Crippen MR) is 73.5 cm³/mol. The molecule has 0 spiro atoms. The summed E-state index contributed by atoms with van der Waals surface area (Å²) in [5, 5.41) is 4.34. The number of nitrogens with one attached hydrogen (secondary N) is 1. The molecule has 0 aliphatic heterocycles. The zero-order chi connectivity index (χ0) is 13.0. The topological polar surface area (TPSA) is 43.0 Å². The molecule has 0 fully saturated rings. The van der Waals surface area contributed by atoms with Crippen molar-refractivity contribution in [3.63, 3.8) is 0 Å². The molecule has 18 heavy (non-hydrogen) atoms. The Labute approximate surface area is 112 Å². The number of imidazole rings is 1. The molecule has 5 heteroatoms. The first-order valence-corrected chi connectivity index (χ1v) is 7.05. The summed E-state index contributed by atoms with van der Waals surface area (Å²) in [6, 6.07) is 4.54. The minimum Gasteiger partial charge on any atom is -0.464 e. The van der Waals surface area contributed by atoms with E-state index in [9.17, 15) is 0 Å². The number of hydrogen-bond donors (Lipinski definition) is 1. The third kappa shape index (κ3) is 3.65. The van der Waals surface area contributed by atoms with Crippen molar-refractivity contribution in [3.05, 3.63) is 36.0 Å². The molecule has 2 heterocycles. The van der Waals surface area contributed by atoms with Gasteiger partial charge in [-0.3, -0.25) is 0 Å². The number of aromatic nitrogens is 2. The highest BCUT2D eigenvalue weighted by Gasteiger charge is 2.05. The van der Waals surface area contributed by atoms with Crippen molar-refractivity contribution in [3.8, 4) is 0 Å². The highest BCUT2D eigenvalue weighted by Crippen LogP contribution is 2.21. The summed E-state index contributed by atoms with van der Waals surface area (Å²) in [6.07, 6.45) is 3.75. The summed E-state index contributed by atoms with van der Waals surface area (Å²) in [7, 11) is 2.00.